The van der Waals surface area contributed by atoms with Crippen LogP contribution in [0.4, 0.5) is 0 Å². The predicted molar refractivity (Wildman–Crippen MR) is 94.1 cm³/mol. The Morgan fingerprint density at radius 3 is 2.59 bits per heavy atom. The zero-order chi connectivity index (χ0) is 15.7. The minimum absolute atomic E-state index is 0.0290. The van der Waals surface area contributed by atoms with Crippen LogP contribution in [0.15, 0.2) is 34.2 Å². The van der Waals surface area contributed by atoms with Gasteiger partial charge in [-0.05, 0) is 30.6 Å². The van der Waals surface area contributed by atoms with E-state index in [-0.39, 0.29) is 5.56 Å². The molecule has 2 N–H and O–H groups in total. The van der Waals surface area contributed by atoms with Crippen molar-refractivity contribution in [2.75, 3.05) is 37.4 Å². The Bertz CT molecular complexity index is 767. The Morgan fingerprint density at radius 2 is 1.95 bits per heavy atom. The van der Waals surface area contributed by atoms with Crippen molar-refractivity contribution < 1.29 is 0 Å². The van der Waals surface area contributed by atoms with Gasteiger partial charge >= 0.3 is 0 Å². The lowest BCUT2D eigenvalue weighted by Crippen LogP contribution is -2.56. The molecule has 1 saturated heterocycles. The second kappa shape index (κ2) is 6.13. The first-order valence-electron chi connectivity index (χ1n) is 6.97. The van der Waals surface area contributed by atoms with Gasteiger partial charge in [-0.3, -0.25) is 4.79 Å². The van der Waals surface area contributed by atoms with Crippen molar-refractivity contribution in [3.05, 3.63) is 34.6 Å². The normalized spacial score (nSPS) is 15.3. The summed E-state index contributed by atoms with van der Waals surface area (Å²) in [5.74, 6) is 0. The Hall–Kier alpha value is -1.80. The summed E-state index contributed by atoms with van der Waals surface area (Å²) in [4.78, 5) is 19.4. The summed E-state index contributed by atoms with van der Waals surface area (Å²) < 4.78 is 1.68. The van der Waals surface area contributed by atoms with Crippen molar-refractivity contribution in [2.45, 2.75) is 5.16 Å². The average Bonchev–Trinajstić information content (AvgIpc) is 2.55. The van der Waals surface area contributed by atoms with E-state index in [4.69, 9.17) is 18.0 Å². The average molecular weight is 335 g/mol. The van der Waals surface area contributed by atoms with E-state index in [0.29, 0.717) is 41.8 Å². The number of fused-ring (bicyclic) bond motifs is 1. The van der Waals surface area contributed by atoms with Crippen LogP contribution >= 0.6 is 24.0 Å². The van der Waals surface area contributed by atoms with Gasteiger partial charge in [-0.2, -0.15) is 4.68 Å². The molecule has 1 aromatic carbocycles. The van der Waals surface area contributed by atoms with E-state index >= 15 is 0 Å². The molecule has 6 nitrogen and oxygen atoms in total. The van der Waals surface area contributed by atoms with Crippen LogP contribution in [0.25, 0.3) is 10.9 Å². The molecule has 0 aliphatic carbocycles. The van der Waals surface area contributed by atoms with E-state index in [2.05, 4.69) is 4.98 Å². The van der Waals surface area contributed by atoms with Crippen LogP contribution in [0, 0.1) is 0 Å². The minimum atomic E-state index is -0.0290. The number of rotatable bonds is 2. The maximum atomic E-state index is 12.8. The van der Waals surface area contributed by atoms with Gasteiger partial charge in [0.2, 0.25) is 0 Å². The molecule has 1 aliphatic rings. The topological polar surface area (TPSA) is 67.4 Å². The molecular formula is C14H17N5OS2. The van der Waals surface area contributed by atoms with E-state index in [0.717, 1.165) is 5.52 Å². The summed E-state index contributed by atoms with van der Waals surface area (Å²) in [7, 11) is 0. The zero-order valence-electron chi connectivity index (χ0n) is 12.2. The fourth-order valence-electron chi connectivity index (χ4n) is 2.60. The summed E-state index contributed by atoms with van der Waals surface area (Å²) in [6, 6.07) is 7.44. The summed E-state index contributed by atoms with van der Waals surface area (Å²) >= 11 is 6.48. The lowest BCUT2D eigenvalue weighted by Gasteiger charge is -2.37. The van der Waals surface area contributed by atoms with Gasteiger partial charge in [0.05, 0.1) is 24.0 Å². The minimum Gasteiger partial charge on any atom is -0.376 e. The Labute approximate surface area is 137 Å². The number of nitrogens with zero attached hydrogens (tertiary/aromatic N) is 4. The second-order valence-electron chi connectivity index (χ2n) is 5.01. The molecule has 1 aliphatic heterocycles. The van der Waals surface area contributed by atoms with E-state index in [1.54, 1.807) is 4.68 Å². The molecule has 3 rings (SSSR count). The molecule has 0 saturated carbocycles. The number of benzene rings is 1. The molecule has 2 heterocycles. The highest BCUT2D eigenvalue weighted by atomic mass is 32.2. The molecule has 0 bridgehead atoms. The quantitative estimate of drug-likeness (QED) is 0.490. The summed E-state index contributed by atoms with van der Waals surface area (Å²) in [6.07, 6.45) is 1.93. The number of aromatic nitrogens is 2. The molecule has 0 unspecified atom stereocenters. The largest absolute Gasteiger partial charge is 0.376 e. The predicted octanol–water partition coefficient (Wildman–Crippen LogP) is 0.616. The molecular weight excluding hydrogens is 318 g/mol. The number of nitrogens with two attached hydrogens (primary N) is 1. The van der Waals surface area contributed by atoms with Crippen molar-refractivity contribution in [3.63, 3.8) is 0 Å². The smallest absolute Gasteiger partial charge is 0.280 e. The molecule has 1 fully saturated rings. The number of hydrogen-bond acceptors (Lipinski definition) is 5. The first-order chi connectivity index (χ1) is 10.6. The highest BCUT2D eigenvalue weighted by Crippen LogP contribution is 2.16. The third kappa shape index (κ3) is 2.64. The fraction of sp³-hybridized carbons (Fsp3) is 0.357. The van der Waals surface area contributed by atoms with Crippen molar-refractivity contribution in [2.24, 2.45) is 5.73 Å². The number of hydrogen-bond donors (Lipinski definition) is 1. The Kier molecular flexibility index (Phi) is 4.21. The van der Waals surface area contributed by atoms with Crippen molar-refractivity contribution in [1.82, 2.24) is 14.6 Å². The van der Waals surface area contributed by atoms with E-state index in [9.17, 15) is 4.79 Å². The maximum absolute atomic E-state index is 12.8. The lowest BCUT2D eigenvalue weighted by atomic mass is 10.2. The second-order valence-corrected chi connectivity index (χ2v) is 6.20. The number of thioether (sulfide) groups is 1. The van der Waals surface area contributed by atoms with Gasteiger partial charge in [-0.1, -0.05) is 23.9 Å². The van der Waals surface area contributed by atoms with Gasteiger partial charge < -0.3 is 15.6 Å². The number of piperazine rings is 1. The first-order valence-corrected chi connectivity index (χ1v) is 8.60. The Morgan fingerprint density at radius 1 is 1.27 bits per heavy atom. The number of thiocarbonyl (C=S) groups is 1. The zero-order valence-corrected chi connectivity index (χ0v) is 13.9. The third-order valence-corrected chi connectivity index (χ3v) is 4.64. The monoisotopic (exact) mass is 335 g/mol. The molecule has 0 radical (unpaired) electrons. The molecule has 1 aromatic heterocycles. The van der Waals surface area contributed by atoms with Gasteiger partial charge in [0, 0.05) is 13.1 Å². The maximum Gasteiger partial charge on any atom is 0.280 e. The van der Waals surface area contributed by atoms with Crippen molar-refractivity contribution >= 4 is 40.0 Å². The molecule has 0 atom stereocenters. The van der Waals surface area contributed by atoms with Crippen molar-refractivity contribution in [3.8, 4) is 0 Å². The molecule has 8 heteroatoms. The van der Waals surface area contributed by atoms with Crippen LogP contribution in [-0.4, -0.2) is 52.1 Å². The standard InChI is InChI=1S/C14H17N5OS2/c1-22-14-16-11-5-3-2-4-10(11)12(20)19(14)18-8-6-17(7-9-18)13(15)21/h2-5H,6-9H2,1H3,(H2,15,21). The Balaban J connectivity index is 2.02. The fourth-order valence-corrected chi connectivity index (χ4v) is 3.34. The molecule has 22 heavy (non-hydrogen) atoms. The lowest BCUT2D eigenvalue weighted by molar-refractivity contribution is 0.338. The van der Waals surface area contributed by atoms with E-state index in [1.165, 1.54) is 11.8 Å². The molecule has 116 valence electrons. The summed E-state index contributed by atoms with van der Waals surface area (Å²) in [6.45, 7) is 2.79. The summed E-state index contributed by atoms with van der Waals surface area (Å²) in [5.41, 5.74) is 6.37. The van der Waals surface area contributed by atoms with Crippen LogP contribution in [0.2, 0.25) is 0 Å². The van der Waals surface area contributed by atoms with Crippen LogP contribution in [-0.2, 0) is 0 Å². The van der Waals surface area contributed by atoms with Gasteiger partial charge in [0.1, 0.15) is 0 Å². The van der Waals surface area contributed by atoms with Gasteiger partial charge in [-0.15, -0.1) is 0 Å². The highest BCUT2D eigenvalue weighted by molar-refractivity contribution is 7.98. The van der Waals surface area contributed by atoms with Gasteiger partial charge in [0.25, 0.3) is 5.56 Å². The van der Waals surface area contributed by atoms with Crippen molar-refractivity contribution in [1.29, 1.82) is 0 Å². The molecule has 0 spiro atoms. The molecule has 2 aromatic rings. The van der Waals surface area contributed by atoms with E-state index in [1.807, 2.05) is 40.4 Å². The SMILES string of the molecule is CSc1nc2ccccc2c(=O)n1N1CCN(C(N)=S)CC1. The summed E-state index contributed by atoms with van der Waals surface area (Å²) in [5, 5.41) is 3.76. The number of para-hydroxylation sites is 1. The van der Waals surface area contributed by atoms with Crippen LogP contribution < -0.4 is 16.3 Å². The third-order valence-electron chi connectivity index (χ3n) is 3.76. The van der Waals surface area contributed by atoms with Gasteiger partial charge in [-0.25, -0.2) is 4.98 Å². The highest BCUT2D eigenvalue weighted by Gasteiger charge is 2.21. The van der Waals surface area contributed by atoms with E-state index < -0.39 is 0 Å². The van der Waals surface area contributed by atoms with Crippen LogP contribution in [0.1, 0.15) is 0 Å². The first kappa shape index (κ1) is 15.1. The van der Waals surface area contributed by atoms with Crippen LogP contribution in [0.5, 0.6) is 0 Å². The van der Waals surface area contributed by atoms with Crippen LogP contribution in [0.3, 0.4) is 0 Å². The van der Waals surface area contributed by atoms with Gasteiger partial charge in [0.15, 0.2) is 10.3 Å². The molecule has 0 amide bonds.